The first-order valence-corrected chi connectivity index (χ1v) is 7.18. The molecule has 1 aliphatic rings. The third-order valence-electron chi connectivity index (χ3n) is 3.42. The topological polar surface area (TPSA) is 58.4 Å². The van der Waals surface area contributed by atoms with Crippen molar-refractivity contribution in [2.24, 2.45) is 5.73 Å². The fraction of sp³-hybridized carbons (Fsp3) is 0.500. The molecule has 1 saturated heterocycles. The minimum atomic E-state index is -0.303. The number of nitrogens with two attached hydrogens (primary N) is 1. The molecule has 4 nitrogen and oxygen atoms in total. The normalized spacial score (nSPS) is 22.3. The van der Waals surface area contributed by atoms with Gasteiger partial charge in [0.2, 0.25) is 5.91 Å². The van der Waals surface area contributed by atoms with E-state index in [0.717, 1.165) is 16.7 Å². The third kappa shape index (κ3) is 2.92. The number of halogens is 1. The summed E-state index contributed by atoms with van der Waals surface area (Å²) in [7, 11) is 0. The van der Waals surface area contributed by atoms with E-state index < -0.39 is 0 Å². The van der Waals surface area contributed by atoms with E-state index in [1.54, 1.807) is 0 Å². The fourth-order valence-electron chi connectivity index (χ4n) is 2.40. The average Bonchev–Trinajstić information content (AvgIpc) is 2.30. The highest BCUT2D eigenvalue weighted by atomic mass is 79.9. The van der Waals surface area contributed by atoms with E-state index >= 15 is 0 Å². The Morgan fingerprint density at radius 3 is 2.79 bits per heavy atom. The molecule has 3 N–H and O–H groups in total. The number of rotatable bonds is 2. The number of piperazine rings is 1. The summed E-state index contributed by atoms with van der Waals surface area (Å²) in [5, 5.41) is 3.01. The summed E-state index contributed by atoms with van der Waals surface area (Å²) in [6.45, 7) is 7.15. The van der Waals surface area contributed by atoms with E-state index in [1.807, 2.05) is 39.0 Å². The molecule has 1 heterocycles. The molecule has 1 amide bonds. The monoisotopic (exact) mass is 325 g/mol. The Bertz CT molecular complexity index is 501. The van der Waals surface area contributed by atoms with Gasteiger partial charge in [-0.2, -0.15) is 0 Å². The highest BCUT2D eigenvalue weighted by Crippen LogP contribution is 2.28. The van der Waals surface area contributed by atoms with Crippen molar-refractivity contribution in [3.05, 3.63) is 28.2 Å². The van der Waals surface area contributed by atoms with Crippen molar-refractivity contribution in [3.63, 3.8) is 0 Å². The molecule has 1 aromatic carbocycles. The van der Waals surface area contributed by atoms with Gasteiger partial charge in [0.05, 0.1) is 5.54 Å². The van der Waals surface area contributed by atoms with Crippen LogP contribution in [0.15, 0.2) is 22.7 Å². The van der Waals surface area contributed by atoms with Gasteiger partial charge in [-0.25, -0.2) is 0 Å². The van der Waals surface area contributed by atoms with Crippen molar-refractivity contribution in [1.29, 1.82) is 0 Å². The number of carbonyl (C=O) groups excluding carboxylic acids is 1. The van der Waals surface area contributed by atoms with E-state index in [4.69, 9.17) is 5.73 Å². The summed E-state index contributed by atoms with van der Waals surface area (Å²) in [5.74, 6) is -0.00422. The van der Waals surface area contributed by atoms with Crippen LogP contribution in [0.2, 0.25) is 0 Å². The molecule has 104 valence electrons. The maximum atomic E-state index is 12.1. The maximum absolute atomic E-state index is 12.1. The zero-order valence-corrected chi connectivity index (χ0v) is 13.1. The van der Waals surface area contributed by atoms with Crippen LogP contribution in [0.1, 0.15) is 19.4 Å². The van der Waals surface area contributed by atoms with E-state index in [-0.39, 0.29) is 17.5 Å². The van der Waals surface area contributed by atoms with E-state index in [0.29, 0.717) is 6.54 Å². The minimum Gasteiger partial charge on any atom is -0.356 e. The molecule has 0 aliphatic carbocycles. The van der Waals surface area contributed by atoms with Gasteiger partial charge in [0.15, 0.2) is 0 Å². The average molecular weight is 326 g/mol. The Hall–Kier alpha value is -1.07. The molecule has 5 heteroatoms. The van der Waals surface area contributed by atoms with Gasteiger partial charge in [-0.3, -0.25) is 4.79 Å². The van der Waals surface area contributed by atoms with Crippen molar-refractivity contribution < 1.29 is 4.79 Å². The number of amides is 1. The number of nitrogens with one attached hydrogen (secondary N) is 1. The second kappa shape index (κ2) is 5.13. The van der Waals surface area contributed by atoms with Crippen LogP contribution in [0.25, 0.3) is 0 Å². The van der Waals surface area contributed by atoms with Crippen LogP contribution < -0.4 is 16.0 Å². The van der Waals surface area contributed by atoms with Gasteiger partial charge in [-0.1, -0.05) is 22.0 Å². The Kier molecular flexibility index (Phi) is 3.87. The molecule has 0 saturated carbocycles. The molecule has 0 radical (unpaired) electrons. The first-order valence-electron chi connectivity index (χ1n) is 6.39. The van der Waals surface area contributed by atoms with Crippen LogP contribution in [-0.2, 0) is 4.79 Å². The Balaban J connectivity index is 2.38. The zero-order valence-electron chi connectivity index (χ0n) is 11.5. The lowest BCUT2D eigenvalue weighted by atomic mass is 9.97. The van der Waals surface area contributed by atoms with Crippen LogP contribution in [0.3, 0.4) is 0 Å². The maximum Gasteiger partial charge on any atom is 0.244 e. The van der Waals surface area contributed by atoms with Crippen LogP contribution in [0, 0.1) is 6.92 Å². The van der Waals surface area contributed by atoms with Crippen molar-refractivity contribution in [2.45, 2.75) is 32.4 Å². The number of hydrogen-bond donors (Lipinski definition) is 2. The third-order valence-corrected chi connectivity index (χ3v) is 4.27. The molecule has 0 aromatic heterocycles. The number of benzene rings is 1. The van der Waals surface area contributed by atoms with Gasteiger partial charge in [-0.05, 0) is 38.5 Å². The quantitative estimate of drug-likeness (QED) is 0.871. The summed E-state index contributed by atoms with van der Waals surface area (Å²) in [6.07, 6.45) is 0. The van der Waals surface area contributed by atoms with Gasteiger partial charge >= 0.3 is 0 Å². The molecule has 0 bridgehead atoms. The highest BCUT2D eigenvalue weighted by Gasteiger charge is 2.37. The molecular formula is C14H20BrN3O. The van der Waals surface area contributed by atoms with Gasteiger partial charge in [0, 0.05) is 23.2 Å². The molecule has 19 heavy (non-hydrogen) atoms. The minimum absolute atomic E-state index is 0.00422. The summed E-state index contributed by atoms with van der Waals surface area (Å²) < 4.78 is 1.05. The van der Waals surface area contributed by atoms with Crippen LogP contribution in [-0.4, -0.2) is 30.6 Å². The number of anilines is 1. The Morgan fingerprint density at radius 1 is 1.53 bits per heavy atom. The van der Waals surface area contributed by atoms with Gasteiger partial charge in [-0.15, -0.1) is 0 Å². The highest BCUT2D eigenvalue weighted by molar-refractivity contribution is 9.10. The molecule has 1 aromatic rings. The predicted molar refractivity (Wildman–Crippen MR) is 81.3 cm³/mol. The molecular weight excluding hydrogens is 306 g/mol. The first-order chi connectivity index (χ1) is 8.84. The molecule has 0 spiro atoms. The van der Waals surface area contributed by atoms with Gasteiger partial charge in [0.25, 0.3) is 0 Å². The zero-order chi connectivity index (χ0) is 14.2. The summed E-state index contributed by atoms with van der Waals surface area (Å²) in [6, 6.07) is 5.83. The second-order valence-electron chi connectivity index (χ2n) is 5.69. The van der Waals surface area contributed by atoms with Crippen LogP contribution in [0.4, 0.5) is 5.69 Å². The van der Waals surface area contributed by atoms with Gasteiger partial charge < -0.3 is 16.0 Å². The number of nitrogens with zero attached hydrogens (tertiary/aromatic N) is 1. The molecule has 1 fully saturated rings. The van der Waals surface area contributed by atoms with Crippen molar-refractivity contribution >= 4 is 27.5 Å². The molecule has 1 unspecified atom stereocenters. The molecule has 2 rings (SSSR count). The van der Waals surface area contributed by atoms with E-state index in [9.17, 15) is 4.79 Å². The first kappa shape index (κ1) is 14.3. The van der Waals surface area contributed by atoms with Crippen molar-refractivity contribution in [2.75, 3.05) is 18.0 Å². The van der Waals surface area contributed by atoms with Crippen molar-refractivity contribution in [3.8, 4) is 0 Å². The molecule has 1 atom stereocenters. The Labute approximate surface area is 122 Å². The Morgan fingerprint density at radius 2 is 2.21 bits per heavy atom. The summed E-state index contributed by atoms with van der Waals surface area (Å²) in [4.78, 5) is 14.2. The van der Waals surface area contributed by atoms with Crippen molar-refractivity contribution in [1.82, 2.24) is 5.32 Å². The standard InChI is InChI=1S/C14H20BrN3O/c1-9-4-5-10(6-11(9)15)18-8-14(2,3)17-13(19)12(18)7-16/h4-6,12H,7-8,16H2,1-3H3,(H,17,19). The van der Waals surface area contributed by atoms with E-state index in [2.05, 4.69) is 26.1 Å². The lowest BCUT2D eigenvalue weighted by Crippen LogP contribution is -2.66. The number of hydrogen-bond acceptors (Lipinski definition) is 3. The predicted octanol–water partition coefficient (Wildman–Crippen LogP) is 1.80. The number of carbonyl (C=O) groups is 1. The summed E-state index contributed by atoms with van der Waals surface area (Å²) in [5.41, 5.74) is 7.71. The smallest absolute Gasteiger partial charge is 0.244 e. The second-order valence-corrected chi connectivity index (χ2v) is 6.54. The molecule has 1 aliphatic heterocycles. The van der Waals surface area contributed by atoms with Gasteiger partial charge in [0.1, 0.15) is 6.04 Å². The largest absolute Gasteiger partial charge is 0.356 e. The van der Waals surface area contributed by atoms with E-state index in [1.165, 1.54) is 5.56 Å². The number of aryl methyl sites for hydroxylation is 1. The lowest BCUT2D eigenvalue weighted by Gasteiger charge is -2.44. The fourth-order valence-corrected chi connectivity index (χ4v) is 2.77. The SMILES string of the molecule is Cc1ccc(N2CC(C)(C)NC(=O)C2CN)cc1Br. The van der Waals surface area contributed by atoms with Crippen LogP contribution in [0.5, 0.6) is 0 Å². The van der Waals surface area contributed by atoms with Crippen LogP contribution >= 0.6 is 15.9 Å². The lowest BCUT2D eigenvalue weighted by molar-refractivity contribution is -0.125. The summed E-state index contributed by atoms with van der Waals surface area (Å²) >= 11 is 3.54.